The predicted octanol–water partition coefficient (Wildman–Crippen LogP) is 3.98. The highest BCUT2D eigenvalue weighted by atomic mass is 32.2. The average Bonchev–Trinajstić information content (AvgIpc) is 3.13. The van der Waals surface area contributed by atoms with Gasteiger partial charge < -0.3 is 14.5 Å². The maximum absolute atomic E-state index is 12.7. The zero-order chi connectivity index (χ0) is 20.5. The van der Waals surface area contributed by atoms with Gasteiger partial charge in [-0.1, -0.05) is 36.4 Å². The van der Waals surface area contributed by atoms with Gasteiger partial charge in [-0.3, -0.25) is 9.59 Å². The summed E-state index contributed by atoms with van der Waals surface area (Å²) in [5, 5.41) is 4.48. The number of benzene rings is 1. The van der Waals surface area contributed by atoms with Crippen LogP contribution in [0.25, 0.3) is 11.0 Å². The number of carbonyl (C=O) groups is 2. The number of nitrogens with zero attached hydrogens (tertiary/aromatic N) is 2. The van der Waals surface area contributed by atoms with Crippen LogP contribution in [0, 0.1) is 0 Å². The molecule has 7 nitrogen and oxygen atoms in total. The summed E-state index contributed by atoms with van der Waals surface area (Å²) in [6.45, 7) is 0.519. The lowest BCUT2D eigenvalue weighted by molar-refractivity contribution is -0.140. The summed E-state index contributed by atoms with van der Waals surface area (Å²) in [5.74, 6) is 0.409. The van der Waals surface area contributed by atoms with E-state index < -0.39 is 0 Å². The lowest BCUT2D eigenvalue weighted by atomic mass is 10.1. The van der Waals surface area contributed by atoms with Crippen LogP contribution in [0.1, 0.15) is 41.8 Å². The van der Waals surface area contributed by atoms with E-state index in [0.717, 1.165) is 30.2 Å². The van der Waals surface area contributed by atoms with E-state index in [-0.39, 0.29) is 11.9 Å². The second-order valence-electron chi connectivity index (χ2n) is 6.37. The highest BCUT2D eigenvalue weighted by molar-refractivity contribution is 7.98. The molecule has 0 aliphatic carbocycles. The van der Waals surface area contributed by atoms with Crippen molar-refractivity contribution in [3.63, 3.8) is 0 Å². The summed E-state index contributed by atoms with van der Waals surface area (Å²) >= 11 is 1.46. The summed E-state index contributed by atoms with van der Waals surface area (Å²) < 4.78 is 10.5. The highest BCUT2D eigenvalue weighted by Gasteiger charge is 2.20. The number of methoxy groups -OCH3 is 1. The number of esters is 1. The molecular weight excluding hydrogens is 390 g/mol. The minimum Gasteiger partial charge on any atom is -0.469 e. The van der Waals surface area contributed by atoms with Gasteiger partial charge in [-0.2, -0.15) is 0 Å². The van der Waals surface area contributed by atoms with E-state index in [2.05, 4.69) is 20.0 Å². The van der Waals surface area contributed by atoms with Gasteiger partial charge in [0.1, 0.15) is 5.58 Å². The van der Waals surface area contributed by atoms with Crippen molar-refractivity contribution in [2.24, 2.45) is 0 Å². The maximum atomic E-state index is 12.7. The number of nitrogens with one attached hydrogen (secondary N) is 1. The van der Waals surface area contributed by atoms with E-state index in [1.165, 1.54) is 18.9 Å². The summed E-state index contributed by atoms with van der Waals surface area (Å²) in [6.07, 6.45) is 6.14. The molecule has 152 valence electrons. The number of amides is 1. The minimum atomic E-state index is -0.237. The third kappa shape index (κ3) is 5.80. The van der Waals surface area contributed by atoms with E-state index in [9.17, 15) is 9.59 Å². The number of hydrogen-bond acceptors (Lipinski definition) is 7. The molecule has 0 atom stereocenters. The van der Waals surface area contributed by atoms with Gasteiger partial charge in [0.25, 0.3) is 5.91 Å². The lowest BCUT2D eigenvalue weighted by Crippen LogP contribution is -2.24. The zero-order valence-electron chi connectivity index (χ0n) is 16.2. The first kappa shape index (κ1) is 20.9. The lowest BCUT2D eigenvalue weighted by Gasteiger charge is -2.05. The summed E-state index contributed by atoms with van der Waals surface area (Å²) in [4.78, 5) is 32.3. The fraction of sp³-hybridized carbons (Fsp3) is 0.333. The number of aromatic nitrogens is 2. The summed E-state index contributed by atoms with van der Waals surface area (Å²) in [6, 6.07) is 9.37. The number of fused-ring (bicyclic) bond motifs is 1. The van der Waals surface area contributed by atoms with E-state index in [1.807, 2.05) is 24.3 Å². The molecule has 1 N–H and O–H groups in total. The molecule has 2 heterocycles. The first-order chi connectivity index (χ1) is 14.2. The Morgan fingerprint density at radius 3 is 2.69 bits per heavy atom. The molecule has 1 amide bonds. The summed E-state index contributed by atoms with van der Waals surface area (Å²) in [7, 11) is 1.38. The fourth-order valence-corrected chi connectivity index (χ4v) is 3.71. The Balaban J connectivity index is 1.61. The first-order valence-electron chi connectivity index (χ1n) is 9.44. The Labute approximate surface area is 173 Å². The van der Waals surface area contributed by atoms with Crippen LogP contribution >= 0.6 is 11.8 Å². The smallest absolute Gasteiger partial charge is 0.305 e. The number of carbonyl (C=O) groups excluding carboxylic acids is 2. The van der Waals surface area contributed by atoms with E-state index in [0.29, 0.717) is 35.2 Å². The van der Waals surface area contributed by atoms with Gasteiger partial charge in [0.2, 0.25) is 0 Å². The van der Waals surface area contributed by atoms with Gasteiger partial charge in [0.05, 0.1) is 7.11 Å². The molecule has 0 radical (unpaired) electrons. The van der Waals surface area contributed by atoms with Crippen LogP contribution < -0.4 is 5.32 Å². The van der Waals surface area contributed by atoms with Gasteiger partial charge in [0.15, 0.2) is 10.9 Å². The Kier molecular flexibility index (Phi) is 7.63. The van der Waals surface area contributed by atoms with Crippen LogP contribution in [0.15, 0.2) is 52.3 Å². The van der Waals surface area contributed by atoms with Gasteiger partial charge >= 0.3 is 5.97 Å². The molecule has 3 rings (SSSR count). The van der Waals surface area contributed by atoms with Gasteiger partial charge in [-0.25, -0.2) is 9.97 Å². The van der Waals surface area contributed by atoms with Crippen LogP contribution in [0.5, 0.6) is 0 Å². The zero-order valence-corrected chi connectivity index (χ0v) is 17.0. The van der Waals surface area contributed by atoms with Gasteiger partial charge in [-0.15, -0.1) is 0 Å². The molecule has 0 fully saturated rings. The molecule has 0 saturated heterocycles. The van der Waals surface area contributed by atoms with Crippen molar-refractivity contribution in [1.29, 1.82) is 0 Å². The van der Waals surface area contributed by atoms with Crippen molar-refractivity contribution in [1.82, 2.24) is 15.3 Å². The molecule has 0 unspecified atom stereocenters. The number of rotatable bonds is 10. The minimum absolute atomic E-state index is 0.208. The van der Waals surface area contributed by atoms with Crippen molar-refractivity contribution in [3.8, 4) is 0 Å². The van der Waals surface area contributed by atoms with Crippen molar-refractivity contribution in [2.45, 2.75) is 36.6 Å². The number of furan rings is 1. The second kappa shape index (κ2) is 10.6. The number of ether oxygens (including phenoxy) is 1. The predicted molar refractivity (Wildman–Crippen MR) is 111 cm³/mol. The first-order valence-corrected chi connectivity index (χ1v) is 10.4. The standard InChI is InChI=1S/C21H23N3O4S/c1-27-18(25)10-3-2-6-11-22-20(26)19-16(14-29-21-23-12-7-13-24-21)15-8-4-5-9-17(15)28-19/h4-5,7-9,12-13H,2-3,6,10-11,14H2,1H3,(H,22,26). The van der Waals surface area contributed by atoms with Gasteiger partial charge in [0, 0.05) is 42.1 Å². The van der Waals surface area contributed by atoms with Crippen LogP contribution in [-0.2, 0) is 15.3 Å². The molecular formula is C21H23N3O4S. The molecule has 29 heavy (non-hydrogen) atoms. The Morgan fingerprint density at radius 1 is 1.10 bits per heavy atom. The van der Waals surface area contributed by atoms with E-state index >= 15 is 0 Å². The van der Waals surface area contributed by atoms with Crippen LogP contribution in [0.4, 0.5) is 0 Å². The maximum Gasteiger partial charge on any atom is 0.305 e. The Morgan fingerprint density at radius 2 is 1.90 bits per heavy atom. The third-order valence-corrected chi connectivity index (χ3v) is 5.27. The third-order valence-electron chi connectivity index (χ3n) is 4.36. The number of para-hydroxylation sites is 1. The second-order valence-corrected chi connectivity index (χ2v) is 7.31. The van der Waals surface area contributed by atoms with Crippen molar-refractivity contribution in [2.75, 3.05) is 13.7 Å². The van der Waals surface area contributed by atoms with Crippen LogP contribution in [0.2, 0.25) is 0 Å². The van der Waals surface area contributed by atoms with Gasteiger partial charge in [-0.05, 0) is 25.0 Å². The van der Waals surface area contributed by atoms with Crippen LogP contribution in [-0.4, -0.2) is 35.5 Å². The van der Waals surface area contributed by atoms with E-state index in [4.69, 9.17) is 4.42 Å². The molecule has 3 aromatic rings. The van der Waals surface area contributed by atoms with Crippen LogP contribution in [0.3, 0.4) is 0 Å². The monoisotopic (exact) mass is 413 g/mol. The normalized spacial score (nSPS) is 10.8. The summed E-state index contributed by atoms with van der Waals surface area (Å²) in [5.41, 5.74) is 1.52. The average molecular weight is 413 g/mol. The van der Waals surface area contributed by atoms with Crippen molar-refractivity contribution < 1.29 is 18.7 Å². The molecule has 0 saturated carbocycles. The van der Waals surface area contributed by atoms with Crippen molar-refractivity contribution in [3.05, 3.63) is 54.0 Å². The molecule has 2 aromatic heterocycles. The topological polar surface area (TPSA) is 94.3 Å². The highest BCUT2D eigenvalue weighted by Crippen LogP contribution is 2.30. The fourth-order valence-electron chi connectivity index (χ4n) is 2.88. The largest absolute Gasteiger partial charge is 0.469 e. The van der Waals surface area contributed by atoms with Crippen molar-refractivity contribution >= 4 is 34.6 Å². The molecule has 8 heteroatoms. The number of thioether (sulfide) groups is 1. The quantitative estimate of drug-likeness (QED) is 0.232. The molecule has 1 aromatic carbocycles. The molecule has 0 spiro atoms. The SMILES string of the molecule is COC(=O)CCCCCNC(=O)c1oc2ccccc2c1CSc1ncccn1. The van der Waals surface area contributed by atoms with E-state index in [1.54, 1.807) is 18.5 Å². The molecule has 0 aliphatic rings. The molecule has 0 bridgehead atoms. The Bertz CT molecular complexity index is 959. The number of hydrogen-bond donors (Lipinski definition) is 1. The Hall–Kier alpha value is -2.87. The molecule has 0 aliphatic heterocycles. The number of unbranched alkanes of at least 4 members (excludes halogenated alkanes) is 2.